The molecule has 0 saturated carbocycles. The lowest BCUT2D eigenvalue weighted by molar-refractivity contribution is 0.102. The number of aromatic nitrogens is 3. The zero-order valence-electron chi connectivity index (χ0n) is 16.7. The van der Waals surface area contributed by atoms with Crippen LogP contribution >= 0.6 is 11.3 Å². The van der Waals surface area contributed by atoms with Crippen molar-refractivity contribution < 1.29 is 14.2 Å². The molecule has 0 saturated heterocycles. The Morgan fingerprint density at radius 3 is 2.47 bits per heavy atom. The molecular weight excluding hydrogens is 400 g/mol. The van der Waals surface area contributed by atoms with Gasteiger partial charge in [0.2, 0.25) is 5.82 Å². The molecular formula is C22H20N4O3S. The third kappa shape index (κ3) is 4.23. The number of nitrogens with one attached hydrogen (secondary N) is 1. The van der Waals surface area contributed by atoms with Crippen LogP contribution in [0, 0.1) is 6.92 Å². The number of benzene rings is 2. The second kappa shape index (κ2) is 8.46. The third-order valence-corrected chi connectivity index (χ3v) is 5.23. The summed E-state index contributed by atoms with van der Waals surface area (Å²) in [4.78, 5) is 18.2. The van der Waals surface area contributed by atoms with Gasteiger partial charge in [-0.3, -0.25) is 4.79 Å². The normalized spacial score (nSPS) is 10.9. The van der Waals surface area contributed by atoms with Crippen LogP contribution in [-0.4, -0.2) is 27.3 Å². The standard InChI is InChI=1S/C22H20N4O3S/c1-13(2)28-17-11-9-15(10-12-17)18-21(26-29-25-18)24-22(27)19-20(30-14(3)23-19)16-7-5-4-6-8-16/h4-13H,1-3H3,(H,24,26,27). The zero-order valence-corrected chi connectivity index (χ0v) is 17.6. The molecule has 0 aliphatic heterocycles. The highest BCUT2D eigenvalue weighted by atomic mass is 32.1. The molecule has 152 valence electrons. The molecule has 1 amide bonds. The fraction of sp³-hybridized carbons (Fsp3) is 0.182. The largest absolute Gasteiger partial charge is 0.491 e. The summed E-state index contributed by atoms with van der Waals surface area (Å²) in [6, 6.07) is 17.1. The van der Waals surface area contributed by atoms with E-state index in [9.17, 15) is 4.79 Å². The molecule has 2 heterocycles. The molecule has 0 radical (unpaired) electrons. The average Bonchev–Trinajstić information content (AvgIpc) is 3.35. The van der Waals surface area contributed by atoms with Crippen molar-refractivity contribution in [1.29, 1.82) is 0 Å². The predicted octanol–water partition coefficient (Wildman–Crippen LogP) is 5.21. The first-order valence-corrected chi connectivity index (χ1v) is 10.3. The fourth-order valence-electron chi connectivity index (χ4n) is 2.96. The Bertz CT molecular complexity index is 1150. The summed E-state index contributed by atoms with van der Waals surface area (Å²) < 4.78 is 10.5. The Morgan fingerprint density at radius 2 is 1.77 bits per heavy atom. The molecule has 8 heteroatoms. The summed E-state index contributed by atoms with van der Waals surface area (Å²) >= 11 is 1.47. The molecule has 0 unspecified atom stereocenters. The molecule has 7 nitrogen and oxygen atoms in total. The number of anilines is 1. The van der Waals surface area contributed by atoms with E-state index in [1.807, 2.05) is 75.4 Å². The molecule has 4 aromatic rings. The summed E-state index contributed by atoms with van der Waals surface area (Å²) in [6.07, 6.45) is 0.0831. The Morgan fingerprint density at radius 1 is 1.03 bits per heavy atom. The minimum absolute atomic E-state index is 0.0831. The highest BCUT2D eigenvalue weighted by molar-refractivity contribution is 7.15. The smallest absolute Gasteiger partial charge is 0.277 e. The van der Waals surface area contributed by atoms with Gasteiger partial charge in [-0.2, -0.15) is 0 Å². The molecule has 0 aliphatic carbocycles. The van der Waals surface area contributed by atoms with Gasteiger partial charge in [0.05, 0.1) is 16.0 Å². The number of aryl methyl sites for hydroxylation is 1. The molecule has 0 spiro atoms. The maximum atomic E-state index is 13.0. The van der Waals surface area contributed by atoms with Crippen molar-refractivity contribution in [3.8, 4) is 27.4 Å². The molecule has 2 aromatic carbocycles. The summed E-state index contributed by atoms with van der Waals surface area (Å²) in [7, 11) is 0. The van der Waals surface area contributed by atoms with Gasteiger partial charge in [0.25, 0.3) is 5.91 Å². The van der Waals surface area contributed by atoms with Gasteiger partial charge in [0.15, 0.2) is 5.69 Å². The van der Waals surface area contributed by atoms with Gasteiger partial charge >= 0.3 is 0 Å². The van der Waals surface area contributed by atoms with E-state index in [2.05, 4.69) is 20.6 Å². The molecule has 2 aromatic heterocycles. The minimum atomic E-state index is -0.366. The van der Waals surface area contributed by atoms with Crippen molar-refractivity contribution in [2.75, 3.05) is 5.32 Å². The van der Waals surface area contributed by atoms with Gasteiger partial charge < -0.3 is 10.1 Å². The van der Waals surface area contributed by atoms with Crippen LogP contribution in [0.3, 0.4) is 0 Å². The molecule has 4 rings (SSSR count). The lowest BCUT2D eigenvalue weighted by atomic mass is 10.1. The first-order valence-electron chi connectivity index (χ1n) is 9.45. The highest BCUT2D eigenvalue weighted by Gasteiger charge is 2.22. The van der Waals surface area contributed by atoms with E-state index in [1.54, 1.807) is 0 Å². The third-order valence-electron chi connectivity index (χ3n) is 4.21. The van der Waals surface area contributed by atoms with Crippen molar-refractivity contribution in [2.45, 2.75) is 26.9 Å². The summed E-state index contributed by atoms with van der Waals surface area (Å²) in [5.74, 6) is 0.623. The SMILES string of the molecule is Cc1nc(C(=O)Nc2nonc2-c2ccc(OC(C)C)cc2)c(-c2ccccc2)s1. The Labute approximate surface area is 177 Å². The van der Waals surface area contributed by atoms with E-state index in [-0.39, 0.29) is 17.8 Å². The monoisotopic (exact) mass is 420 g/mol. The van der Waals surface area contributed by atoms with Gasteiger partial charge in [0, 0.05) is 5.56 Å². The molecule has 30 heavy (non-hydrogen) atoms. The van der Waals surface area contributed by atoms with Crippen LogP contribution in [-0.2, 0) is 0 Å². The average molecular weight is 420 g/mol. The van der Waals surface area contributed by atoms with E-state index in [0.717, 1.165) is 26.8 Å². The van der Waals surface area contributed by atoms with Crippen LogP contribution in [0.25, 0.3) is 21.7 Å². The highest BCUT2D eigenvalue weighted by Crippen LogP contribution is 2.32. The lowest BCUT2D eigenvalue weighted by Crippen LogP contribution is -2.14. The van der Waals surface area contributed by atoms with E-state index in [0.29, 0.717) is 11.4 Å². The van der Waals surface area contributed by atoms with E-state index in [4.69, 9.17) is 9.37 Å². The number of hydrogen-bond acceptors (Lipinski definition) is 7. The number of ether oxygens (including phenoxy) is 1. The van der Waals surface area contributed by atoms with Gasteiger partial charge in [-0.05, 0) is 60.9 Å². The quantitative estimate of drug-likeness (QED) is 0.461. The number of carbonyl (C=O) groups is 1. The van der Waals surface area contributed by atoms with Crippen molar-refractivity contribution in [3.05, 3.63) is 65.3 Å². The van der Waals surface area contributed by atoms with Crippen molar-refractivity contribution in [1.82, 2.24) is 15.3 Å². The number of nitrogens with zero attached hydrogens (tertiary/aromatic N) is 3. The minimum Gasteiger partial charge on any atom is -0.491 e. The maximum absolute atomic E-state index is 13.0. The molecule has 0 bridgehead atoms. The topological polar surface area (TPSA) is 90.1 Å². The van der Waals surface area contributed by atoms with Crippen LogP contribution < -0.4 is 10.1 Å². The van der Waals surface area contributed by atoms with Gasteiger partial charge in [-0.1, -0.05) is 30.3 Å². The molecule has 0 fully saturated rings. The van der Waals surface area contributed by atoms with E-state index >= 15 is 0 Å². The number of amides is 1. The fourth-order valence-corrected chi connectivity index (χ4v) is 3.88. The maximum Gasteiger partial charge on any atom is 0.277 e. The van der Waals surface area contributed by atoms with E-state index in [1.165, 1.54) is 11.3 Å². The van der Waals surface area contributed by atoms with Crippen LogP contribution in [0.2, 0.25) is 0 Å². The van der Waals surface area contributed by atoms with E-state index < -0.39 is 0 Å². The number of hydrogen-bond donors (Lipinski definition) is 1. The Kier molecular flexibility index (Phi) is 5.58. The first kappa shape index (κ1) is 19.8. The molecule has 0 atom stereocenters. The second-order valence-corrected chi connectivity index (χ2v) is 8.09. The van der Waals surface area contributed by atoms with Gasteiger partial charge in [-0.25, -0.2) is 9.61 Å². The Hall–Kier alpha value is -3.52. The number of rotatable bonds is 6. The zero-order chi connectivity index (χ0) is 21.1. The Balaban J connectivity index is 1.59. The van der Waals surface area contributed by atoms with Crippen LogP contribution in [0.5, 0.6) is 5.75 Å². The van der Waals surface area contributed by atoms with Crippen LogP contribution in [0.4, 0.5) is 5.82 Å². The second-order valence-electron chi connectivity index (χ2n) is 6.88. The van der Waals surface area contributed by atoms with Crippen molar-refractivity contribution >= 4 is 23.1 Å². The van der Waals surface area contributed by atoms with Crippen molar-refractivity contribution in [3.63, 3.8) is 0 Å². The van der Waals surface area contributed by atoms with Crippen LogP contribution in [0.15, 0.2) is 59.2 Å². The van der Waals surface area contributed by atoms with Crippen LogP contribution in [0.1, 0.15) is 29.3 Å². The van der Waals surface area contributed by atoms with Gasteiger partial charge in [0.1, 0.15) is 11.4 Å². The van der Waals surface area contributed by atoms with Crippen molar-refractivity contribution in [2.24, 2.45) is 0 Å². The number of carbonyl (C=O) groups excluding carboxylic acids is 1. The summed E-state index contributed by atoms with van der Waals surface area (Å²) in [5.41, 5.74) is 2.47. The lowest BCUT2D eigenvalue weighted by Gasteiger charge is -2.09. The van der Waals surface area contributed by atoms with Gasteiger partial charge in [-0.15, -0.1) is 11.3 Å². The summed E-state index contributed by atoms with van der Waals surface area (Å²) in [5, 5.41) is 11.4. The number of thiazole rings is 1. The predicted molar refractivity (Wildman–Crippen MR) is 116 cm³/mol. The first-order chi connectivity index (χ1) is 14.5. The summed E-state index contributed by atoms with van der Waals surface area (Å²) in [6.45, 7) is 5.80. The molecule has 1 N–H and O–H groups in total. The molecule has 0 aliphatic rings.